The van der Waals surface area contributed by atoms with Crippen LogP contribution < -0.4 is 10.6 Å². The molecule has 3 rings (SSSR count). The van der Waals surface area contributed by atoms with Crippen molar-refractivity contribution in [2.45, 2.75) is 25.4 Å². The Labute approximate surface area is 163 Å². The second-order valence-electron chi connectivity index (χ2n) is 7.03. The molecule has 1 aliphatic rings. The van der Waals surface area contributed by atoms with Crippen molar-refractivity contribution in [3.05, 3.63) is 65.1 Å². The van der Waals surface area contributed by atoms with E-state index < -0.39 is 17.2 Å². The van der Waals surface area contributed by atoms with Gasteiger partial charge in [-0.05, 0) is 49.6 Å². The number of aliphatic imine (C=N–C) groups is 1. The maximum Gasteiger partial charge on any atom is 0.159 e. The van der Waals surface area contributed by atoms with E-state index in [0.29, 0.717) is 37.2 Å². The zero-order chi connectivity index (χ0) is 20.3. The molecule has 1 aromatic heterocycles. The van der Waals surface area contributed by atoms with E-state index in [4.69, 9.17) is 5.73 Å². The van der Waals surface area contributed by atoms with E-state index in [1.54, 1.807) is 26.4 Å². The Kier molecular flexibility index (Phi) is 5.74. The Bertz CT molecular complexity index is 914. The first-order valence-corrected chi connectivity index (χ1v) is 9.12. The van der Waals surface area contributed by atoms with Crippen LogP contribution in [0.4, 0.5) is 14.5 Å². The first kappa shape index (κ1) is 19.9. The molecule has 1 fully saturated rings. The van der Waals surface area contributed by atoms with Crippen molar-refractivity contribution in [1.82, 2.24) is 4.98 Å². The summed E-state index contributed by atoms with van der Waals surface area (Å²) in [4.78, 5) is 10.6. The molecule has 0 aliphatic carbocycles. The summed E-state index contributed by atoms with van der Waals surface area (Å²) in [5, 5.41) is 10.9. The Hall–Kier alpha value is -2.80. The van der Waals surface area contributed by atoms with Crippen LogP contribution in [0.25, 0.3) is 5.57 Å². The molecule has 2 heterocycles. The minimum absolute atomic E-state index is 0.407. The SMILES string of the molecule is CN=C/C(=C(/C)N)c1cc(N2CCC(O)(c3ccc(F)c(F)c3)CC2)ccn1. The fourth-order valence-electron chi connectivity index (χ4n) is 3.47. The average molecular weight is 386 g/mol. The lowest BCUT2D eigenvalue weighted by Gasteiger charge is -2.39. The molecule has 1 saturated heterocycles. The van der Waals surface area contributed by atoms with Crippen molar-refractivity contribution in [3.8, 4) is 0 Å². The predicted molar refractivity (Wildman–Crippen MR) is 107 cm³/mol. The molecule has 0 atom stereocenters. The number of allylic oxidation sites excluding steroid dienone is 2. The van der Waals surface area contributed by atoms with Crippen molar-refractivity contribution in [3.63, 3.8) is 0 Å². The lowest BCUT2D eigenvalue weighted by Crippen LogP contribution is -2.42. The van der Waals surface area contributed by atoms with Crippen molar-refractivity contribution < 1.29 is 13.9 Å². The molecule has 5 nitrogen and oxygen atoms in total. The Morgan fingerprint density at radius 1 is 1.21 bits per heavy atom. The van der Waals surface area contributed by atoms with Crippen molar-refractivity contribution in [1.29, 1.82) is 0 Å². The van der Waals surface area contributed by atoms with Gasteiger partial charge >= 0.3 is 0 Å². The first-order chi connectivity index (χ1) is 13.3. The van der Waals surface area contributed by atoms with E-state index in [0.717, 1.165) is 29.1 Å². The Balaban J connectivity index is 1.79. The van der Waals surface area contributed by atoms with Gasteiger partial charge in [0.15, 0.2) is 11.6 Å². The van der Waals surface area contributed by atoms with Gasteiger partial charge in [-0.2, -0.15) is 0 Å². The van der Waals surface area contributed by atoms with Gasteiger partial charge in [0.2, 0.25) is 0 Å². The molecule has 1 aromatic carbocycles. The standard InChI is InChI=1S/C21H24F2N4O/c1-14(24)17(13-25-2)20-12-16(5-8-26-20)27-9-6-21(28,7-10-27)15-3-4-18(22)19(23)11-15/h3-5,8,11-13,28H,6-7,9-10,24H2,1-2H3/b17-14+,25-13?. The van der Waals surface area contributed by atoms with E-state index in [9.17, 15) is 13.9 Å². The van der Waals surface area contributed by atoms with Crippen LogP contribution in [0.1, 0.15) is 31.0 Å². The number of nitrogens with zero attached hydrogens (tertiary/aromatic N) is 3. The third-order valence-corrected chi connectivity index (χ3v) is 5.12. The van der Waals surface area contributed by atoms with Crippen molar-refractivity contribution in [2.75, 3.05) is 25.0 Å². The van der Waals surface area contributed by atoms with Gasteiger partial charge in [0, 0.05) is 49.5 Å². The highest BCUT2D eigenvalue weighted by atomic mass is 19.2. The number of aromatic nitrogens is 1. The average Bonchev–Trinajstić information content (AvgIpc) is 2.68. The number of rotatable bonds is 4. The molecule has 0 radical (unpaired) electrons. The van der Waals surface area contributed by atoms with Crippen LogP contribution in [0.3, 0.4) is 0 Å². The van der Waals surface area contributed by atoms with E-state index in [-0.39, 0.29) is 0 Å². The molecule has 2 aromatic rings. The fraction of sp³-hybridized carbons (Fsp3) is 0.333. The topological polar surface area (TPSA) is 74.7 Å². The van der Waals surface area contributed by atoms with E-state index >= 15 is 0 Å². The molecule has 0 spiro atoms. The van der Waals surface area contributed by atoms with Crippen molar-refractivity contribution in [2.24, 2.45) is 10.7 Å². The van der Waals surface area contributed by atoms with Crippen LogP contribution in [-0.4, -0.2) is 36.4 Å². The van der Waals surface area contributed by atoms with Gasteiger partial charge < -0.3 is 15.7 Å². The quantitative estimate of drug-likeness (QED) is 0.791. The highest BCUT2D eigenvalue weighted by molar-refractivity contribution is 6.10. The normalized spacial score (nSPS) is 17.7. The molecule has 7 heteroatoms. The monoisotopic (exact) mass is 386 g/mol. The number of nitrogens with two attached hydrogens (primary N) is 1. The minimum atomic E-state index is -1.17. The van der Waals surface area contributed by atoms with E-state index in [1.807, 2.05) is 12.1 Å². The molecule has 3 N–H and O–H groups in total. The number of anilines is 1. The number of hydrogen-bond donors (Lipinski definition) is 2. The zero-order valence-corrected chi connectivity index (χ0v) is 16.0. The van der Waals surface area contributed by atoms with Gasteiger partial charge in [-0.25, -0.2) is 8.78 Å². The number of benzene rings is 1. The second-order valence-corrected chi connectivity index (χ2v) is 7.03. The molecule has 0 bridgehead atoms. The largest absolute Gasteiger partial charge is 0.402 e. The lowest BCUT2D eigenvalue weighted by atomic mass is 9.84. The summed E-state index contributed by atoms with van der Waals surface area (Å²) < 4.78 is 26.8. The summed E-state index contributed by atoms with van der Waals surface area (Å²) >= 11 is 0. The summed E-state index contributed by atoms with van der Waals surface area (Å²) in [5.74, 6) is -1.86. The fourth-order valence-corrected chi connectivity index (χ4v) is 3.47. The summed E-state index contributed by atoms with van der Waals surface area (Å²) in [6, 6.07) is 7.43. The summed E-state index contributed by atoms with van der Waals surface area (Å²) in [6.45, 7) is 2.94. The van der Waals surface area contributed by atoms with Crippen LogP contribution in [0.15, 0.2) is 47.2 Å². The number of piperidine rings is 1. The molecule has 1 aliphatic heterocycles. The molecular formula is C21H24F2N4O. The van der Waals surface area contributed by atoms with Crippen LogP contribution in [-0.2, 0) is 5.60 Å². The van der Waals surface area contributed by atoms with Gasteiger partial charge in [0.1, 0.15) is 0 Å². The van der Waals surface area contributed by atoms with Gasteiger partial charge in [-0.15, -0.1) is 0 Å². The number of hydrogen-bond acceptors (Lipinski definition) is 5. The molecule has 0 unspecified atom stereocenters. The molecular weight excluding hydrogens is 362 g/mol. The number of pyridine rings is 1. The zero-order valence-electron chi connectivity index (χ0n) is 16.0. The van der Waals surface area contributed by atoms with Crippen LogP contribution in [0.5, 0.6) is 0 Å². The Morgan fingerprint density at radius 2 is 1.93 bits per heavy atom. The molecule has 148 valence electrons. The number of aliphatic hydroxyl groups is 1. The van der Waals surface area contributed by atoms with Gasteiger partial charge in [-0.3, -0.25) is 9.98 Å². The maximum absolute atomic E-state index is 13.6. The molecule has 0 saturated carbocycles. The number of halogens is 2. The third kappa shape index (κ3) is 4.04. The third-order valence-electron chi connectivity index (χ3n) is 5.12. The van der Waals surface area contributed by atoms with Gasteiger partial charge in [0.25, 0.3) is 0 Å². The smallest absolute Gasteiger partial charge is 0.159 e. The van der Waals surface area contributed by atoms with Crippen LogP contribution >= 0.6 is 0 Å². The van der Waals surface area contributed by atoms with E-state index in [1.165, 1.54) is 6.07 Å². The van der Waals surface area contributed by atoms with Gasteiger partial charge in [0.05, 0.1) is 11.3 Å². The lowest BCUT2D eigenvalue weighted by molar-refractivity contribution is 0.0114. The van der Waals surface area contributed by atoms with Crippen molar-refractivity contribution >= 4 is 17.5 Å². The van der Waals surface area contributed by atoms with Gasteiger partial charge in [-0.1, -0.05) is 6.07 Å². The first-order valence-electron chi connectivity index (χ1n) is 9.12. The molecule has 0 amide bonds. The molecule has 28 heavy (non-hydrogen) atoms. The minimum Gasteiger partial charge on any atom is -0.402 e. The summed E-state index contributed by atoms with van der Waals surface area (Å²) in [7, 11) is 1.68. The predicted octanol–water partition coefficient (Wildman–Crippen LogP) is 3.24. The highest BCUT2D eigenvalue weighted by Gasteiger charge is 2.34. The highest BCUT2D eigenvalue weighted by Crippen LogP contribution is 2.35. The summed E-state index contributed by atoms with van der Waals surface area (Å²) in [6.07, 6.45) is 4.21. The van der Waals surface area contributed by atoms with Crippen LogP contribution in [0.2, 0.25) is 0 Å². The van der Waals surface area contributed by atoms with E-state index in [2.05, 4.69) is 14.9 Å². The van der Waals surface area contributed by atoms with Crippen LogP contribution in [0, 0.1) is 11.6 Å². The summed E-state index contributed by atoms with van der Waals surface area (Å²) in [5.41, 5.74) is 8.26. The maximum atomic E-state index is 13.6. The second kappa shape index (κ2) is 8.06. The Morgan fingerprint density at radius 3 is 2.54 bits per heavy atom.